The van der Waals surface area contributed by atoms with Crippen LogP contribution < -0.4 is 0 Å². The predicted octanol–water partition coefficient (Wildman–Crippen LogP) is 1.97. The molecule has 2 aromatic rings. The molecule has 0 atom stereocenters. The van der Waals surface area contributed by atoms with Gasteiger partial charge in [-0.25, -0.2) is 0 Å². The Labute approximate surface area is 86.1 Å². The average molecular weight is 203 g/mol. The Bertz CT molecular complexity index is 462. The molecule has 76 valence electrons. The third kappa shape index (κ3) is 2.04. The van der Waals surface area contributed by atoms with Crippen molar-refractivity contribution in [2.24, 2.45) is 0 Å². The summed E-state index contributed by atoms with van der Waals surface area (Å²) in [6, 6.07) is 9.36. The minimum absolute atomic E-state index is 0.0757. The smallest absolute Gasteiger partial charge is 0.308 e. The van der Waals surface area contributed by atoms with Crippen LogP contribution in [0.2, 0.25) is 0 Å². The molecule has 1 heterocycles. The molecular weight excluding hydrogens is 194 g/mol. The second-order valence-corrected chi connectivity index (χ2v) is 3.12. The Balaban J connectivity index is 2.37. The van der Waals surface area contributed by atoms with Crippen molar-refractivity contribution in [2.45, 2.75) is 6.42 Å². The number of carboxylic acid groups (broad SMARTS) is 1. The molecule has 15 heavy (non-hydrogen) atoms. The number of aliphatic carboxylic acids is 1. The number of carbonyl (C=O) groups is 1. The first-order valence-corrected chi connectivity index (χ1v) is 4.48. The molecule has 0 fully saturated rings. The number of rotatable bonds is 3. The molecule has 0 spiro atoms. The summed E-state index contributed by atoms with van der Waals surface area (Å²) >= 11 is 0. The van der Waals surface area contributed by atoms with Crippen LogP contribution >= 0.6 is 0 Å². The van der Waals surface area contributed by atoms with Crippen molar-refractivity contribution >= 4 is 5.97 Å². The van der Waals surface area contributed by atoms with Gasteiger partial charge in [-0.1, -0.05) is 35.5 Å². The van der Waals surface area contributed by atoms with E-state index in [0.717, 1.165) is 5.56 Å². The van der Waals surface area contributed by atoms with Crippen molar-refractivity contribution < 1.29 is 14.4 Å². The second-order valence-electron chi connectivity index (χ2n) is 3.12. The van der Waals surface area contributed by atoms with E-state index in [0.29, 0.717) is 11.3 Å². The molecule has 0 amide bonds. The molecule has 0 bridgehead atoms. The quantitative estimate of drug-likeness (QED) is 0.828. The summed E-state index contributed by atoms with van der Waals surface area (Å²) in [5.41, 5.74) is 2.05. The first-order valence-electron chi connectivity index (χ1n) is 4.48. The van der Waals surface area contributed by atoms with E-state index in [1.54, 1.807) is 0 Å². The summed E-state index contributed by atoms with van der Waals surface area (Å²) < 4.78 is 4.79. The zero-order valence-corrected chi connectivity index (χ0v) is 7.88. The SMILES string of the molecule is O=C(O)Cc1conc1-c1ccccc1. The van der Waals surface area contributed by atoms with E-state index in [-0.39, 0.29) is 6.42 Å². The van der Waals surface area contributed by atoms with Crippen molar-refractivity contribution in [3.05, 3.63) is 42.2 Å². The summed E-state index contributed by atoms with van der Waals surface area (Å²) in [7, 11) is 0. The highest BCUT2D eigenvalue weighted by atomic mass is 16.5. The van der Waals surface area contributed by atoms with E-state index in [1.807, 2.05) is 30.3 Å². The van der Waals surface area contributed by atoms with Crippen molar-refractivity contribution in [3.8, 4) is 11.3 Å². The molecule has 0 saturated heterocycles. The Kier molecular flexibility index (Phi) is 2.49. The van der Waals surface area contributed by atoms with Gasteiger partial charge in [-0.05, 0) is 0 Å². The predicted molar refractivity (Wildman–Crippen MR) is 53.3 cm³/mol. The lowest BCUT2D eigenvalue weighted by Gasteiger charge is -1.97. The molecule has 4 nitrogen and oxygen atoms in total. The van der Waals surface area contributed by atoms with Gasteiger partial charge in [-0.15, -0.1) is 0 Å². The molecule has 0 unspecified atom stereocenters. The normalized spacial score (nSPS) is 10.1. The molecule has 1 aromatic carbocycles. The van der Waals surface area contributed by atoms with Crippen LogP contribution in [0.4, 0.5) is 0 Å². The van der Waals surface area contributed by atoms with Gasteiger partial charge in [-0.3, -0.25) is 4.79 Å². The van der Waals surface area contributed by atoms with Crippen molar-refractivity contribution in [2.75, 3.05) is 0 Å². The Morgan fingerprint density at radius 1 is 1.33 bits per heavy atom. The van der Waals surface area contributed by atoms with Gasteiger partial charge in [0.2, 0.25) is 0 Å². The summed E-state index contributed by atoms with van der Waals surface area (Å²) in [5.74, 6) is -0.893. The van der Waals surface area contributed by atoms with Crippen LogP contribution in [0.25, 0.3) is 11.3 Å². The monoisotopic (exact) mass is 203 g/mol. The fourth-order valence-corrected chi connectivity index (χ4v) is 1.38. The number of nitrogens with zero attached hydrogens (tertiary/aromatic N) is 1. The summed E-state index contributed by atoms with van der Waals surface area (Å²) in [5, 5.41) is 12.5. The lowest BCUT2D eigenvalue weighted by atomic mass is 10.1. The molecule has 0 aliphatic heterocycles. The Morgan fingerprint density at radius 2 is 2.07 bits per heavy atom. The maximum atomic E-state index is 10.6. The maximum absolute atomic E-state index is 10.6. The van der Waals surface area contributed by atoms with E-state index in [2.05, 4.69) is 5.16 Å². The van der Waals surface area contributed by atoms with Crippen LogP contribution in [-0.2, 0) is 11.2 Å². The number of hydrogen-bond donors (Lipinski definition) is 1. The second kappa shape index (κ2) is 3.96. The van der Waals surface area contributed by atoms with Crippen LogP contribution in [0.15, 0.2) is 41.1 Å². The van der Waals surface area contributed by atoms with E-state index < -0.39 is 5.97 Å². The van der Waals surface area contributed by atoms with Crippen LogP contribution in [0, 0.1) is 0 Å². The maximum Gasteiger partial charge on any atom is 0.308 e. The van der Waals surface area contributed by atoms with Crippen LogP contribution in [0.1, 0.15) is 5.56 Å². The minimum atomic E-state index is -0.893. The van der Waals surface area contributed by atoms with E-state index in [9.17, 15) is 4.79 Å². The molecule has 4 heteroatoms. The van der Waals surface area contributed by atoms with E-state index in [1.165, 1.54) is 6.26 Å². The topological polar surface area (TPSA) is 63.3 Å². The minimum Gasteiger partial charge on any atom is -0.481 e. The molecule has 0 saturated carbocycles. The lowest BCUT2D eigenvalue weighted by molar-refractivity contribution is -0.136. The van der Waals surface area contributed by atoms with Gasteiger partial charge >= 0.3 is 5.97 Å². The molecule has 1 aromatic heterocycles. The molecule has 1 N–H and O–H groups in total. The van der Waals surface area contributed by atoms with Gasteiger partial charge in [0.1, 0.15) is 12.0 Å². The zero-order chi connectivity index (χ0) is 10.7. The molecule has 0 aliphatic carbocycles. The number of aromatic nitrogens is 1. The highest BCUT2D eigenvalue weighted by Crippen LogP contribution is 2.21. The van der Waals surface area contributed by atoms with Gasteiger partial charge in [0.05, 0.1) is 6.42 Å². The number of benzene rings is 1. The van der Waals surface area contributed by atoms with Crippen molar-refractivity contribution in [1.82, 2.24) is 5.16 Å². The van der Waals surface area contributed by atoms with Gasteiger partial charge in [-0.2, -0.15) is 0 Å². The lowest BCUT2D eigenvalue weighted by Crippen LogP contribution is -2.00. The first-order chi connectivity index (χ1) is 7.27. The third-order valence-corrected chi connectivity index (χ3v) is 2.03. The molecule has 0 radical (unpaired) electrons. The standard InChI is InChI=1S/C11H9NO3/c13-10(14)6-9-7-15-12-11(9)8-4-2-1-3-5-8/h1-5,7H,6H2,(H,13,14). The fourth-order valence-electron chi connectivity index (χ4n) is 1.38. The zero-order valence-electron chi connectivity index (χ0n) is 7.88. The van der Waals surface area contributed by atoms with Crippen LogP contribution in [0.3, 0.4) is 0 Å². The first kappa shape index (κ1) is 9.45. The van der Waals surface area contributed by atoms with Gasteiger partial charge < -0.3 is 9.63 Å². The fraction of sp³-hybridized carbons (Fsp3) is 0.0909. The van der Waals surface area contributed by atoms with Gasteiger partial charge in [0, 0.05) is 11.1 Å². The van der Waals surface area contributed by atoms with E-state index >= 15 is 0 Å². The number of hydrogen-bond acceptors (Lipinski definition) is 3. The summed E-state index contributed by atoms with van der Waals surface area (Å²) in [6.07, 6.45) is 1.30. The van der Waals surface area contributed by atoms with Crippen molar-refractivity contribution in [1.29, 1.82) is 0 Å². The van der Waals surface area contributed by atoms with Gasteiger partial charge in [0.15, 0.2) is 0 Å². The highest BCUT2D eigenvalue weighted by molar-refractivity contribution is 5.74. The van der Waals surface area contributed by atoms with Gasteiger partial charge in [0.25, 0.3) is 0 Å². The average Bonchev–Trinajstić information content (AvgIpc) is 2.66. The Hall–Kier alpha value is -2.10. The summed E-state index contributed by atoms with van der Waals surface area (Å²) in [6.45, 7) is 0. The van der Waals surface area contributed by atoms with Crippen LogP contribution in [-0.4, -0.2) is 16.2 Å². The van der Waals surface area contributed by atoms with Crippen molar-refractivity contribution in [3.63, 3.8) is 0 Å². The summed E-state index contributed by atoms with van der Waals surface area (Å²) in [4.78, 5) is 10.6. The highest BCUT2D eigenvalue weighted by Gasteiger charge is 2.12. The molecular formula is C11H9NO3. The molecule has 0 aliphatic rings. The van der Waals surface area contributed by atoms with E-state index in [4.69, 9.17) is 9.63 Å². The largest absolute Gasteiger partial charge is 0.481 e. The third-order valence-electron chi connectivity index (χ3n) is 2.03. The van der Waals surface area contributed by atoms with Crippen LogP contribution in [0.5, 0.6) is 0 Å². The molecule has 2 rings (SSSR count). The Morgan fingerprint density at radius 3 is 2.73 bits per heavy atom. The number of carboxylic acids is 1.